The molecule has 0 saturated heterocycles. The van der Waals surface area contributed by atoms with Crippen LogP contribution in [-0.2, 0) is 11.2 Å². The summed E-state index contributed by atoms with van der Waals surface area (Å²) in [6.07, 6.45) is 1.27. The Morgan fingerprint density at radius 2 is 2.00 bits per heavy atom. The number of hydrogen-bond acceptors (Lipinski definition) is 4. The number of aryl methyl sites for hydroxylation is 1. The zero-order valence-corrected chi connectivity index (χ0v) is 11.3. The van der Waals surface area contributed by atoms with E-state index in [1.165, 1.54) is 0 Å². The van der Waals surface area contributed by atoms with E-state index in [-0.39, 0.29) is 25.2 Å². The van der Waals surface area contributed by atoms with E-state index in [0.29, 0.717) is 6.42 Å². The number of hydrogen-bond donors (Lipinski definition) is 2. The van der Waals surface area contributed by atoms with Crippen LogP contribution in [0.5, 0.6) is 0 Å². The van der Waals surface area contributed by atoms with Gasteiger partial charge in [-0.3, -0.25) is 4.79 Å². The van der Waals surface area contributed by atoms with E-state index in [4.69, 9.17) is 0 Å². The van der Waals surface area contributed by atoms with Gasteiger partial charge in [0.25, 0.3) is 0 Å². The van der Waals surface area contributed by atoms with Gasteiger partial charge in [0.2, 0.25) is 5.91 Å². The third kappa shape index (κ3) is 2.57. The maximum absolute atomic E-state index is 11.6. The molecule has 2 N–H and O–H groups in total. The molecule has 1 aromatic rings. The van der Waals surface area contributed by atoms with Gasteiger partial charge in [-0.05, 0) is 30.2 Å². The topological polar surface area (TPSA) is 64.0 Å². The highest BCUT2D eigenvalue weighted by molar-refractivity contribution is 5.96. The Bertz CT molecular complexity index is 472. The van der Waals surface area contributed by atoms with Crippen LogP contribution in [0.1, 0.15) is 12.0 Å². The summed E-state index contributed by atoms with van der Waals surface area (Å²) in [6.45, 7) is -0.190. The lowest BCUT2D eigenvalue weighted by molar-refractivity contribution is -0.118. The molecule has 0 radical (unpaired) electrons. The Balaban J connectivity index is 2.29. The van der Waals surface area contributed by atoms with Gasteiger partial charge in [0.15, 0.2) is 0 Å². The number of rotatable bonds is 4. The Morgan fingerprint density at radius 3 is 2.63 bits per heavy atom. The SMILES string of the molecule is CN1C(=O)CCc2cc(N(C)C(CO)CO)ccc21. The Kier molecular flexibility index (Phi) is 4.07. The summed E-state index contributed by atoms with van der Waals surface area (Å²) in [5, 5.41) is 18.4. The summed E-state index contributed by atoms with van der Waals surface area (Å²) in [5.41, 5.74) is 3.01. The largest absolute Gasteiger partial charge is 0.394 e. The van der Waals surface area contributed by atoms with E-state index >= 15 is 0 Å². The molecule has 5 nitrogen and oxygen atoms in total. The van der Waals surface area contributed by atoms with Crippen LogP contribution in [0.25, 0.3) is 0 Å². The molecule has 1 aromatic carbocycles. The molecule has 0 fully saturated rings. The van der Waals surface area contributed by atoms with Crippen molar-refractivity contribution >= 4 is 17.3 Å². The van der Waals surface area contributed by atoms with Gasteiger partial charge in [0, 0.05) is 31.9 Å². The molecular formula is C14H20N2O3. The van der Waals surface area contributed by atoms with Gasteiger partial charge in [-0.25, -0.2) is 0 Å². The minimum Gasteiger partial charge on any atom is -0.394 e. The van der Waals surface area contributed by atoms with Gasteiger partial charge in [0.05, 0.1) is 19.3 Å². The second kappa shape index (κ2) is 5.59. The fraction of sp³-hybridized carbons (Fsp3) is 0.500. The van der Waals surface area contributed by atoms with E-state index < -0.39 is 0 Å². The van der Waals surface area contributed by atoms with Crippen molar-refractivity contribution in [1.82, 2.24) is 0 Å². The minimum atomic E-state index is -0.305. The summed E-state index contributed by atoms with van der Waals surface area (Å²) >= 11 is 0. The van der Waals surface area contributed by atoms with E-state index in [1.54, 1.807) is 11.9 Å². The highest BCUT2D eigenvalue weighted by atomic mass is 16.3. The third-order valence-corrected chi connectivity index (χ3v) is 3.78. The Hall–Kier alpha value is -1.59. The van der Waals surface area contributed by atoms with Crippen molar-refractivity contribution in [2.75, 3.05) is 37.1 Å². The molecule has 1 aliphatic rings. The van der Waals surface area contributed by atoms with Crippen molar-refractivity contribution in [3.8, 4) is 0 Å². The highest BCUT2D eigenvalue weighted by Crippen LogP contribution is 2.30. The first kappa shape index (κ1) is 13.8. The van der Waals surface area contributed by atoms with Crippen LogP contribution < -0.4 is 9.80 Å². The van der Waals surface area contributed by atoms with Crippen LogP contribution in [0.3, 0.4) is 0 Å². The second-order valence-electron chi connectivity index (χ2n) is 4.90. The van der Waals surface area contributed by atoms with Crippen molar-refractivity contribution in [3.05, 3.63) is 23.8 Å². The lowest BCUT2D eigenvalue weighted by atomic mass is 10.0. The molecular weight excluding hydrogens is 244 g/mol. The summed E-state index contributed by atoms with van der Waals surface area (Å²) < 4.78 is 0. The molecule has 0 bridgehead atoms. The number of fused-ring (bicyclic) bond motifs is 1. The Labute approximate surface area is 113 Å². The first-order valence-corrected chi connectivity index (χ1v) is 6.42. The van der Waals surface area contributed by atoms with E-state index in [2.05, 4.69) is 0 Å². The molecule has 0 unspecified atom stereocenters. The molecule has 0 spiro atoms. The first-order valence-electron chi connectivity index (χ1n) is 6.42. The van der Waals surface area contributed by atoms with E-state index in [1.807, 2.05) is 30.1 Å². The number of aliphatic hydroxyl groups excluding tert-OH is 2. The van der Waals surface area contributed by atoms with Gasteiger partial charge < -0.3 is 20.0 Å². The molecule has 0 aliphatic carbocycles. The molecule has 0 atom stereocenters. The fourth-order valence-corrected chi connectivity index (χ4v) is 2.38. The second-order valence-corrected chi connectivity index (χ2v) is 4.90. The average Bonchev–Trinajstić information content (AvgIpc) is 2.44. The molecule has 104 valence electrons. The third-order valence-electron chi connectivity index (χ3n) is 3.78. The maximum Gasteiger partial charge on any atom is 0.227 e. The minimum absolute atomic E-state index is 0.0948. The number of carbonyl (C=O) groups excluding carboxylic acids is 1. The molecule has 1 aliphatic heterocycles. The lowest BCUT2D eigenvalue weighted by Gasteiger charge is -2.30. The number of benzene rings is 1. The van der Waals surface area contributed by atoms with Crippen molar-refractivity contribution in [2.24, 2.45) is 0 Å². The summed E-state index contributed by atoms with van der Waals surface area (Å²) in [6, 6.07) is 5.55. The van der Waals surface area contributed by atoms with Crippen molar-refractivity contribution in [2.45, 2.75) is 18.9 Å². The van der Waals surface area contributed by atoms with Gasteiger partial charge >= 0.3 is 0 Å². The first-order chi connectivity index (χ1) is 9.08. The standard InChI is InChI=1S/C14H20N2O3/c1-15(12(8-17)9-18)11-4-5-13-10(7-11)3-6-14(19)16(13)2/h4-5,7,12,17-18H,3,6,8-9H2,1-2H3. The summed E-state index contributed by atoms with van der Waals surface area (Å²) in [7, 11) is 3.63. The number of carbonyl (C=O) groups is 1. The van der Waals surface area contributed by atoms with Crippen LogP contribution in [-0.4, -0.2) is 49.5 Å². The Morgan fingerprint density at radius 1 is 1.32 bits per heavy atom. The zero-order chi connectivity index (χ0) is 14.0. The molecule has 1 amide bonds. The van der Waals surface area contributed by atoms with Crippen molar-refractivity contribution < 1.29 is 15.0 Å². The predicted molar refractivity (Wildman–Crippen MR) is 74.5 cm³/mol. The van der Waals surface area contributed by atoms with Crippen LogP contribution in [0.4, 0.5) is 11.4 Å². The van der Waals surface area contributed by atoms with Crippen LogP contribution in [0, 0.1) is 0 Å². The van der Waals surface area contributed by atoms with Crippen molar-refractivity contribution in [3.63, 3.8) is 0 Å². The number of nitrogens with zero attached hydrogens (tertiary/aromatic N) is 2. The van der Waals surface area contributed by atoms with Gasteiger partial charge in [-0.2, -0.15) is 0 Å². The molecule has 5 heteroatoms. The number of amides is 1. The zero-order valence-electron chi connectivity index (χ0n) is 11.3. The predicted octanol–water partition coefficient (Wildman–Crippen LogP) is 0.385. The van der Waals surface area contributed by atoms with E-state index in [0.717, 1.165) is 23.4 Å². The van der Waals surface area contributed by atoms with E-state index in [9.17, 15) is 15.0 Å². The molecule has 0 aromatic heterocycles. The number of aliphatic hydroxyl groups is 2. The molecule has 0 saturated carbocycles. The fourth-order valence-electron chi connectivity index (χ4n) is 2.38. The lowest BCUT2D eigenvalue weighted by Crippen LogP contribution is -2.38. The molecule has 19 heavy (non-hydrogen) atoms. The van der Waals surface area contributed by atoms with Crippen LogP contribution >= 0.6 is 0 Å². The summed E-state index contributed by atoms with van der Waals surface area (Å²) in [5.74, 6) is 0.136. The molecule has 2 rings (SSSR count). The van der Waals surface area contributed by atoms with Crippen LogP contribution in [0.2, 0.25) is 0 Å². The number of anilines is 2. The van der Waals surface area contributed by atoms with Crippen LogP contribution in [0.15, 0.2) is 18.2 Å². The summed E-state index contributed by atoms with van der Waals surface area (Å²) in [4.78, 5) is 15.2. The normalized spacial score (nSPS) is 14.8. The molecule has 1 heterocycles. The highest BCUT2D eigenvalue weighted by Gasteiger charge is 2.22. The number of likely N-dealkylation sites (N-methyl/N-ethyl adjacent to an activating group) is 1. The van der Waals surface area contributed by atoms with Gasteiger partial charge in [-0.1, -0.05) is 0 Å². The monoisotopic (exact) mass is 264 g/mol. The average molecular weight is 264 g/mol. The van der Waals surface area contributed by atoms with Gasteiger partial charge in [-0.15, -0.1) is 0 Å². The maximum atomic E-state index is 11.6. The van der Waals surface area contributed by atoms with Gasteiger partial charge in [0.1, 0.15) is 0 Å². The quantitative estimate of drug-likeness (QED) is 0.825. The smallest absolute Gasteiger partial charge is 0.227 e. The van der Waals surface area contributed by atoms with Crippen molar-refractivity contribution in [1.29, 1.82) is 0 Å².